The summed E-state index contributed by atoms with van der Waals surface area (Å²) in [5.41, 5.74) is 12.5. The molecule has 1 aliphatic carbocycles. The lowest BCUT2D eigenvalue weighted by molar-refractivity contribution is 0.465. The molecule has 0 fully saturated rings. The van der Waals surface area contributed by atoms with Crippen LogP contribution in [0.15, 0.2) is 123 Å². The summed E-state index contributed by atoms with van der Waals surface area (Å²) >= 11 is 2.38. The minimum atomic E-state index is -0.120. The Morgan fingerprint density at radius 3 is 2.59 bits per heavy atom. The maximum atomic E-state index is 5.48. The average molecular weight is 608 g/mol. The van der Waals surface area contributed by atoms with Crippen LogP contribution < -0.4 is 11.1 Å². The molecule has 0 aromatic rings. The van der Waals surface area contributed by atoms with Crippen LogP contribution in [0.4, 0.5) is 0 Å². The van der Waals surface area contributed by atoms with Gasteiger partial charge in [-0.25, -0.2) is 4.99 Å². The Bertz CT molecular complexity index is 1150. The first-order valence-electron chi connectivity index (χ1n) is 13.5. The predicted molar refractivity (Wildman–Crippen MR) is 170 cm³/mol. The van der Waals surface area contributed by atoms with Crippen LogP contribution in [0.2, 0.25) is 0 Å². The first-order chi connectivity index (χ1) is 17.9. The van der Waals surface area contributed by atoms with Crippen LogP contribution in [0.25, 0.3) is 0 Å². The minimum absolute atomic E-state index is 0.120. The molecule has 3 aliphatic rings. The highest BCUT2D eigenvalue weighted by atomic mass is 127. The number of aliphatic imine (C=N–C) groups is 1. The molecule has 0 amide bonds. The molecule has 0 spiro atoms. The zero-order valence-corrected chi connectivity index (χ0v) is 24.8. The van der Waals surface area contributed by atoms with Crippen LogP contribution in [-0.4, -0.2) is 5.71 Å². The maximum Gasteiger partial charge on any atom is 0.0973 e. The van der Waals surface area contributed by atoms with Gasteiger partial charge in [-0.05, 0) is 96.2 Å². The third-order valence-electron chi connectivity index (χ3n) is 7.43. The summed E-state index contributed by atoms with van der Waals surface area (Å²) in [5, 5.41) is 3.71. The lowest BCUT2D eigenvalue weighted by Crippen LogP contribution is -2.27. The van der Waals surface area contributed by atoms with Crippen molar-refractivity contribution < 1.29 is 0 Å². The van der Waals surface area contributed by atoms with Gasteiger partial charge in [-0.3, -0.25) is 0 Å². The van der Waals surface area contributed by atoms with Gasteiger partial charge in [0.15, 0.2) is 0 Å². The molecule has 4 heteroatoms. The lowest BCUT2D eigenvalue weighted by Gasteiger charge is -2.32. The molecule has 2 unspecified atom stereocenters. The summed E-state index contributed by atoms with van der Waals surface area (Å²) < 4.78 is 1.05. The number of halogens is 1. The van der Waals surface area contributed by atoms with Crippen LogP contribution in [0.5, 0.6) is 0 Å². The Morgan fingerprint density at radius 1 is 1.08 bits per heavy atom. The highest BCUT2D eigenvalue weighted by Gasteiger charge is 2.29. The summed E-state index contributed by atoms with van der Waals surface area (Å²) in [4.78, 5) is 5.16. The smallest absolute Gasteiger partial charge is 0.0973 e. The summed E-state index contributed by atoms with van der Waals surface area (Å²) in [5.74, 6) is 0.329. The van der Waals surface area contributed by atoms with Crippen LogP contribution >= 0.6 is 22.6 Å². The number of allylic oxidation sites excluding steroid dienone is 16. The standard InChI is InChI=1S/C33H42IN3/c1-5-33(4,23-13-6-7-14-24-35)29-17-11-12-18-31(34)37-30-22-21-28(20-19-25(2)36-32(29)30)26(3)27-15-9-8-10-16-27/h6-7,9,13-16,18-21,23-24,26,36H,2,5,8,10-12,17,22,35H2,1,3-4H3/b7-6-,20-19-,23-13+,24-14-,28-21+,31-18-,32-29?,37-30?. The number of hydrogen-bond acceptors (Lipinski definition) is 3. The zero-order chi connectivity index (χ0) is 26.7. The van der Waals surface area contributed by atoms with Crippen molar-refractivity contribution in [1.29, 1.82) is 0 Å². The van der Waals surface area contributed by atoms with Crippen molar-refractivity contribution in [3.63, 3.8) is 0 Å². The van der Waals surface area contributed by atoms with Crippen molar-refractivity contribution in [2.75, 3.05) is 0 Å². The quantitative estimate of drug-likeness (QED) is 0.172. The monoisotopic (exact) mass is 607 g/mol. The van der Waals surface area contributed by atoms with Gasteiger partial charge in [0, 0.05) is 23.5 Å². The summed E-state index contributed by atoms with van der Waals surface area (Å²) in [6, 6.07) is 0. The van der Waals surface area contributed by atoms with E-state index in [1.54, 1.807) is 6.20 Å². The Hall–Kier alpha value is -2.60. The van der Waals surface area contributed by atoms with E-state index in [0.29, 0.717) is 5.92 Å². The second-order valence-electron chi connectivity index (χ2n) is 10.0. The molecule has 0 aromatic carbocycles. The first kappa shape index (κ1) is 29.0. The Labute approximate surface area is 238 Å². The van der Waals surface area contributed by atoms with Gasteiger partial charge in [0.05, 0.1) is 15.1 Å². The van der Waals surface area contributed by atoms with Gasteiger partial charge in [0.25, 0.3) is 0 Å². The van der Waals surface area contributed by atoms with Crippen molar-refractivity contribution in [2.45, 2.75) is 65.7 Å². The van der Waals surface area contributed by atoms with E-state index in [-0.39, 0.29) is 5.41 Å². The number of hydrogen-bond donors (Lipinski definition) is 2. The predicted octanol–water partition coefficient (Wildman–Crippen LogP) is 9.05. The minimum Gasteiger partial charge on any atom is -0.405 e. The van der Waals surface area contributed by atoms with E-state index in [1.165, 1.54) is 16.7 Å². The third kappa shape index (κ3) is 8.19. The Kier molecular flexibility index (Phi) is 11.2. The summed E-state index contributed by atoms with van der Waals surface area (Å²) in [7, 11) is 0. The summed E-state index contributed by atoms with van der Waals surface area (Å²) in [6.07, 6.45) is 34.9. The highest BCUT2D eigenvalue weighted by molar-refractivity contribution is 14.1. The number of nitrogens with two attached hydrogens (primary N) is 1. The van der Waals surface area contributed by atoms with E-state index in [9.17, 15) is 0 Å². The van der Waals surface area contributed by atoms with Crippen molar-refractivity contribution in [3.8, 4) is 0 Å². The molecule has 3 nitrogen and oxygen atoms in total. The molecule has 0 bridgehead atoms. The van der Waals surface area contributed by atoms with Crippen molar-refractivity contribution >= 4 is 28.3 Å². The molecule has 2 atom stereocenters. The number of nitrogens with one attached hydrogen (secondary N) is 1. The second kappa shape index (κ2) is 14.4. The van der Waals surface area contributed by atoms with E-state index in [0.717, 1.165) is 65.8 Å². The van der Waals surface area contributed by atoms with Crippen LogP contribution in [0, 0.1) is 11.3 Å². The Morgan fingerprint density at radius 2 is 1.86 bits per heavy atom. The van der Waals surface area contributed by atoms with E-state index >= 15 is 0 Å². The molecule has 0 saturated heterocycles. The highest BCUT2D eigenvalue weighted by Crippen LogP contribution is 2.39. The largest absolute Gasteiger partial charge is 0.405 e. The lowest BCUT2D eigenvalue weighted by atomic mass is 9.75. The van der Waals surface area contributed by atoms with Gasteiger partial charge >= 0.3 is 0 Å². The molecule has 37 heavy (non-hydrogen) atoms. The number of nitrogens with zero attached hydrogens (tertiary/aromatic N) is 1. The van der Waals surface area contributed by atoms with Gasteiger partial charge in [-0.1, -0.05) is 88.1 Å². The number of rotatable bonds is 7. The van der Waals surface area contributed by atoms with Gasteiger partial charge in [0.1, 0.15) is 0 Å². The van der Waals surface area contributed by atoms with E-state index in [1.807, 2.05) is 18.2 Å². The molecule has 3 N–H and O–H groups in total. The first-order valence-corrected chi connectivity index (χ1v) is 14.6. The molecule has 2 aliphatic heterocycles. The van der Waals surface area contributed by atoms with Gasteiger partial charge < -0.3 is 11.1 Å². The molecular formula is C33H42IN3. The molecule has 0 aromatic heterocycles. The number of fused-ring (bicyclic) bond motifs is 1. The van der Waals surface area contributed by atoms with Crippen LogP contribution in [0.3, 0.4) is 0 Å². The molecule has 3 rings (SSSR count). The van der Waals surface area contributed by atoms with E-state index in [4.69, 9.17) is 10.7 Å². The topological polar surface area (TPSA) is 50.4 Å². The molecule has 0 radical (unpaired) electrons. The third-order valence-corrected chi connectivity index (χ3v) is 8.11. The van der Waals surface area contributed by atoms with Crippen molar-refractivity contribution in [3.05, 3.63) is 118 Å². The molecule has 2 heterocycles. The normalized spacial score (nSPS) is 25.7. The van der Waals surface area contributed by atoms with Gasteiger partial charge in [-0.2, -0.15) is 0 Å². The zero-order valence-electron chi connectivity index (χ0n) is 22.6. The Balaban J connectivity index is 2.11. The fraction of sp³-hybridized carbons (Fsp3) is 0.364. The molecule has 196 valence electrons. The fourth-order valence-corrected chi connectivity index (χ4v) is 5.54. The van der Waals surface area contributed by atoms with Crippen LogP contribution in [0.1, 0.15) is 65.7 Å². The van der Waals surface area contributed by atoms with Crippen molar-refractivity contribution in [1.82, 2.24) is 5.32 Å². The SMILES string of the molecule is C=C1/C=C\C(C(C)C2=CCCC=C2)=C/CC2=N/C(I)=C\CCCC(C(C)(/C=C/C=C\C=C/N)CC)=C2N1. The average Bonchev–Trinajstić information content (AvgIpc) is 3.03. The van der Waals surface area contributed by atoms with Crippen molar-refractivity contribution in [2.24, 2.45) is 22.1 Å². The molecular weight excluding hydrogens is 565 g/mol. The van der Waals surface area contributed by atoms with E-state index < -0.39 is 0 Å². The van der Waals surface area contributed by atoms with Gasteiger partial charge in [0.2, 0.25) is 0 Å². The maximum absolute atomic E-state index is 5.48. The second-order valence-corrected chi connectivity index (χ2v) is 11.1. The summed E-state index contributed by atoms with van der Waals surface area (Å²) in [6.45, 7) is 11.3. The van der Waals surface area contributed by atoms with Gasteiger partial charge in [-0.15, -0.1) is 0 Å². The molecule has 0 saturated carbocycles. The van der Waals surface area contributed by atoms with E-state index in [2.05, 4.69) is 110 Å². The fourth-order valence-electron chi connectivity index (χ4n) is 4.94. The van der Waals surface area contributed by atoms with Crippen LogP contribution in [-0.2, 0) is 0 Å².